The number of para-hydroxylation sites is 2. The summed E-state index contributed by atoms with van der Waals surface area (Å²) < 4.78 is 42.7. The van der Waals surface area contributed by atoms with Crippen molar-refractivity contribution in [1.29, 1.82) is 0 Å². The van der Waals surface area contributed by atoms with Crippen molar-refractivity contribution >= 4 is 219 Å². The summed E-state index contributed by atoms with van der Waals surface area (Å²) in [6, 6.07) is 24.6. The summed E-state index contributed by atoms with van der Waals surface area (Å²) >= 11 is 58.7. The Morgan fingerprint density at radius 3 is 1.02 bits per heavy atom. The van der Waals surface area contributed by atoms with Crippen LogP contribution < -0.4 is 48.5 Å². The van der Waals surface area contributed by atoms with Gasteiger partial charge in [0.1, 0.15) is 36.5 Å². The van der Waals surface area contributed by atoms with E-state index in [1.807, 2.05) is 0 Å². The predicted molar refractivity (Wildman–Crippen MR) is 367 cm³/mol. The van der Waals surface area contributed by atoms with E-state index < -0.39 is 33.0 Å². The third kappa shape index (κ3) is 29.5. The van der Waals surface area contributed by atoms with E-state index >= 15 is 0 Å². The van der Waals surface area contributed by atoms with E-state index in [1.54, 1.807) is 42.5 Å². The molecule has 0 spiro atoms. The van der Waals surface area contributed by atoms with Crippen LogP contribution in [-0.4, -0.2) is 118 Å². The van der Waals surface area contributed by atoms with Crippen LogP contribution in [0.3, 0.4) is 0 Å². The van der Waals surface area contributed by atoms with Gasteiger partial charge in [0.15, 0.2) is 23.0 Å². The molecule has 0 aliphatic heterocycles. The SMILES string of the molecule is COc1c(Cl)ccc(Cl)c1C(=O)Cl.COc1c(Cl)ccc(Cl)c1C(=O)OCCI.COc1c(Cl)ccc(Cl)c1C(=O)OCCI.COc1c(Cl)ccc(Cl)c1C(=O)OCCOCc1ccccc1[N+](=O)[O-].Cl.O=[N+]([O-])c1ccccc1CO.OCCI.[H-].[Na+]. The number of aliphatic hydroxyl groups is 2. The van der Waals surface area contributed by atoms with Crippen LogP contribution in [0, 0.1) is 20.2 Å². The van der Waals surface area contributed by atoms with Gasteiger partial charge in [-0.3, -0.25) is 25.0 Å². The minimum absolute atomic E-state index is 0. The summed E-state index contributed by atoms with van der Waals surface area (Å²) in [6.07, 6.45) is 0. The number of nitro benzene ring substituents is 2. The number of hydrogen-bond donors (Lipinski definition) is 2. The van der Waals surface area contributed by atoms with Crippen molar-refractivity contribution in [3.8, 4) is 23.0 Å². The van der Waals surface area contributed by atoms with Gasteiger partial charge in [-0.2, -0.15) is 0 Å². The van der Waals surface area contributed by atoms with Gasteiger partial charge in [0.25, 0.3) is 16.6 Å². The molecule has 6 aromatic rings. The van der Waals surface area contributed by atoms with E-state index in [9.17, 15) is 39.4 Å². The summed E-state index contributed by atoms with van der Waals surface area (Å²) in [5, 5.41) is 39.1. The molecule has 0 saturated carbocycles. The number of methoxy groups -OCH3 is 4. The Labute approximate surface area is 621 Å². The van der Waals surface area contributed by atoms with Gasteiger partial charge in [0.2, 0.25) is 0 Å². The minimum Gasteiger partial charge on any atom is -1.00 e. The van der Waals surface area contributed by atoms with Crippen molar-refractivity contribution in [2.24, 2.45) is 0 Å². The summed E-state index contributed by atoms with van der Waals surface area (Å²) in [7, 11) is 5.60. The van der Waals surface area contributed by atoms with E-state index in [1.165, 1.54) is 83.0 Å². The van der Waals surface area contributed by atoms with E-state index in [-0.39, 0.29) is 152 Å². The van der Waals surface area contributed by atoms with E-state index in [0.717, 1.165) is 4.43 Å². The molecule has 0 amide bonds. The second-order valence-electron chi connectivity index (χ2n) is 15.2. The standard InChI is InChI=1S/C17H15Cl2NO6.2C10H9Cl2IO3.C8H5Cl3O2.C7H7NO3.C2H5IO.ClH.Na.H/c1-24-16-13(19)7-6-12(18)15(16)17(21)26-9-8-25-10-11-4-2-3-5-14(11)20(22)23;2*1-15-9-7(12)3-2-6(11)8(9)10(14)16-5-4-13;1-13-7-5(10)3-2-4(9)6(7)8(11)12;9-5-6-3-1-2-4-7(6)8(10)11;3-1-2-4;;;/h2-7H,8-10H2,1H3;2*2-3H,4-5H2,1H3;2-3H,1H3;1-4,9H,5H2;4H,1-2H2;1H;;/q;;;;;;;+1;-1. The van der Waals surface area contributed by atoms with Crippen molar-refractivity contribution in [3.05, 3.63) is 191 Å². The van der Waals surface area contributed by atoms with Crippen LogP contribution in [-0.2, 0) is 32.2 Å². The van der Waals surface area contributed by atoms with Crippen LogP contribution in [0.25, 0.3) is 0 Å². The molecule has 0 heterocycles. The van der Waals surface area contributed by atoms with Crippen LogP contribution in [0.1, 0.15) is 54.0 Å². The number of aliphatic hydroxyl groups excluding tert-OH is 2. The smallest absolute Gasteiger partial charge is 1.00 e. The monoisotopic (exact) mass is 1770 g/mol. The molecule has 0 radical (unpaired) electrons. The Hall–Kier alpha value is -2.63. The van der Waals surface area contributed by atoms with Crippen molar-refractivity contribution in [3.63, 3.8) is 0 Å². The van der Waals surface area contributed by atoms with Gasteiger partial charge in [0.05, 0.1) is 122 Å². The molecule has 0 unspecified atom stereocenters. The first-order valence-electron chi connectivity index (χ1n) is 23.6. The Balaban J connectivity index is -0.00000104. The molecule has 0 bridgehead atoms. The predicted octanol–water partition coefficient (Wildman–Crippen LogP) is 13.9. The van der Waals surface area contributed by atoms with Crippen molar-refractivity contribution < 1.29 is 108 Å². The first-order valence-corrected chi connectivity index (χ1v) is 31.6. The summed E-state index contributed by atoms with van der Waals surface area (Å²) in [4.78, 5) is 66.7. The Morgan fingerprint density at radius 1 is 0.466 bits per heavy atom. The van der Waals surface area contributed by atoms with Crippen LogP contribution in [0.2, 0.25) is 40.2 Å². The van der Waals surface area contributed by atoms with Crippen molar-refractivity contribution in [2.75, 3.05) is 74.8 Å². The van der Waals surface area contributed by atoms with Crippen LogP contribution in [0.4, 0.5) is 11.4 Å². The molecule has 0 saturated heterocycles. The van der Waals surface area contributed by atoms with Gasteiger partial charge in [0, 0.05) is 25.4 Å². The zero-order valence-corrected chi connectivity index (χ0v) is 62.7. The third-order valence-electron chi connectivity index (χ3n) is 9.83. The van der Waals surface area contributed by atoms with Gasteiger partial charge in [-0.1, -0.05) is 185 Å². The molecule has 0 aromatic heterocycles. The van der Waals surface area contributed by atoms with E-state index in [4.69, 9.17) is 153 Å². The molecule has 34 heteroatoms. The maximum Gasteiger partial charge on any atom is 1.00 e. The molecular weight excluding hydrogens is 1720 g/mol. The second-order valence-corrected chi connectivity index (χ2v) is 22.0. The summed E-state index contributed by atoms with van der Waals surface area (Å²) in [6.45, 7) is 0.675. The summed E-state index contributed by atoms with van der Waals surface area (Å²) in [5.74, 6) is -0.940. The number of nitrogens with zero attached hydrogens (tertiary/aromatic N) is 2. The molecule has 88 heavy (non-hydrogen) atoms. The zero-order valence-electron chi connectivity index (χ0n) is 47.6. The van der Waals surface area contributed by atoms with Gasteiger partial charge in [-0.15, -0.1) is 12.4 Å². The number of alkyl halides is 3. The molecule has 6 rings (SSSR count). The first kappa shape index (κ1) is 87.4. The van der Waals surface area contributed by atoms with E-state index in [2.05, 4.69) is 67.8 Å². The van der Waals surface area contributed by atoms with Crippen molar-refractivity contribution in [1.82, 2.24) is 0 Å². The van der Waals surface area contributed by atoms with Crippen LogP contribution in [0.15, 0.2) is 97.1 Å². The van der Waals surface area contributed by atoms with Crippen LogP contribution >= 0.6 is 185 Å². The van der Waals surface area contributed by atoms with Crippen molar-refractivity contribution in [2.45, 2.75) is 13.2 Å². The molecule has 6 aromatic carbocycles. The number of nitro groups is 2. The topological polar surface area (TPSA) is 269 Å². The summed E-state index contributed by atoms with van der Waals surface area (Å²) in [5.41, 5.74) is 1.18. The Bertz CT molecular complexity index is 3150. The molecule has 0 fully saturated rings. The molecular formula is C54H52Cl10I3N2NaO18. The minimum atomic E-state index is -0.705. The van der Waals surface area contributed by atoms with Gasteiger partial charge in [-0.25, -0.2) is 14.4 Å². The molecule has 0 atom stereocenters. The number of halogens is 13. The quantitative estimate of drug-likeness (QED) is 0.00780. The average Bonchev–Trinajstić information content (AvgIpc) is 3.71. The molecule has 0 aliphatic carbocycles. The normalized spacial score (nSPS) is 9.70. The molecule has 0 aliphatic rings. The number of rotatable bonds is 21. The van der Waals surface area contributed by atoms with Crippen LogP contribution in [0.5, 0.6) is 23.0 Å². The molecule has 478 valence electrons. The van der Waals surface area contributed by atoms with Gasteiger partial charge < -0.3 is 49.5 Å². The number of carbonyl (C=O) groups is 4. The molecule has 20 nitrogen and oxygen atoms in total. The van der Waals surface area contributed by atoms with Gasteiger partial charge in [-0.05, 0) is 72.3 Å². The van der Waals surface area contributed by atoms with Gasteiger partial charge >= 0.3 is 47.5 Å². The number of hydrogen-bond acceptors (Lipinski definition) is 18. The number of benzene rings is 6. The Morgan fingerprint density at radius 2 is 0.750 bits per heavy atom. The zero-order chi connectivity index (χ0) is 65.1. The number of carbonyl (C=O) groups excluding carboxylic acids is 4. The average molecular weight is 1780 g/mol. The first-order chi connectivity index (χ1) is 40.9. The number of esters is 3. The van der Waals surface area contributed by atoms with E-state index in [0.29, 0.717) is 54.9 Å². The second kappa shape index (κ2) is 49.0. The third-order valence-corrected chi connectivity index (χ3v) is 13.8. The Kier molecular flexibility index (Phi) is 48.7. The molecule has 2 N–H and O–H groups in total. The fraction of sp³-hybridized carbons (Fsp3) is 0.259. The largest absolute Gasteiger partial charge is 1.00 e. The fourth-order valence-electron chi connectivity index (χ4n) is 6.17. The number of ether oxygens (including phenoxy) is 8. The maximum atomic E-state index is 12.2. The maximum absolute atomic E-state index is 12.2. The fourth-order valence-corrected chi connectivity index (χ4v) is 8.70.